The Hall–Kier alpha value is -2.21. The van der Waals surface area contributed by atoms with Crippen LogP contribution in [0, 0.1) is 5.82 Å². The van der Waals surface area contributed by atoms with Gasteiger partial charge in [0.1, 0.15) is 24.3 Å². The fourth-order valence-corrected chi connectivity index (χ4v) is 2.97. The summed E-state index contributed by atoms with van der Waals surface area (Å²) in [7, 11) is 0. The second-order valence-corrected chi connectivity index (χ2v) is 6.64. The van der Waals surface area contributed by atoms with Crippen molar-refractivity contribution in [3.8, 4) is 5.75 Å². The average Bonchev–Trinajstić information content (AvgIpc) is 2.77. The molecule has 30 heavy (non-hydrogen) atoms. The topological polar surface area (TPSA) is 86.1 Å². The summed E-state index contributed by atoms with van der Waals surface area (Å²) in [5.41, 5.74) is 0. The number of benzene rings is 1. The summed E-state index contributed by atoms with van der Waals surface area (Å²) >= 11 is 0. The predicted octanol–water partition coefficient (Wildman–Crippen LogP) is 1.76. The number of aromatic nitrogens is 2. The second-order valence-electron chi connectivity index (χ2n) is 6.64. The number of halogens is 2. The van der Waals surface area contributed by atoms with Crippen molar-refractivity contribution in [1.29, 1.82) is 0 Å². The Labute approximate surface area is 193 Å². The van der Waals surface area contributed by atoms with E-state index in [4.69, 9.17) is 4.74 Å². The lowest BCUT2D eigenvalue weighted by molar-refractivity contribution is 0.114. The van der Waals surface area contributed by atoms with Gasteiger partial charge in [0, 0.05) is 45.1 Å². The first-order chi connectivity index (χ1) is 14.2. The fourth-order valence-electron chi connectivity index (χ4n) is 2.97. The van der Waals surface area contributed by atoms with Gasteiger partial charge >= 0.3 is 0 Å². The highest BCUT2D eigenvalue weighted by Crippen LogP contribution is 2.12. The number of hydrogen-bond acceptors (Lipinski definition) is 6. The minimum Gasteiger partial charge on any atom is -0.491 e. The maximum absolute atomic E-state index is 12.9. The molecule has 2 aromatic rings. The van der Waals surface area contributed by atoms with Gasteiger partial charge in [-0.1, -0.05) is 0 Å². The van der Waals surface area contributed by atoms with Crippen LogP contribution >= 0.6 is 24.0 Å². The Morgan fingerprint density at radius 2 is 1.87 bits per heavy atom. The molecule has 1 atom stereocenters. The van der Waals surface area contributed by atoms with Crippen LogP contribution in [0.15, 0.2) is 47.7 Å². The molecule has 1 aromatic heterocycles. The number of nitrogens with zero attached hydrogens (tertiary/aromatic N) is 5. The van der Waals surface area contributed by atoms with E-state index >= 15 is 0 Å². The maximum Gasteiger partial charge on any atom is 0.225 e. The van der Waals surface area contributed by atoms with Crippen LogP contribution in [0.1, 0.15) is 6.92 Å². The van der Waals surface area contributed by atoms with Gasteiger partial charge in [0.05, 0.1) is 6.54 Å². The molecule has 1 unspecified atom stereocenters. The highest BCUT2D eigenvalue weighted by atomic mass is 127. The molecule has 1 fully saturated rings. The highest BCUT2D eigenvalue weighted by molar-refractivity contribution is 14.0. The molecule has 0 radical (unpaired) electrons. The van der Waals surface area contributed by atoms with Crippen LogP contribution in [0.3, 0.4) is 0 Å². The van der Waals surface area contributed by atoms with E-state index in [9.17, 15) is 9.50 Å². The molecular weight excluding hydrogens is 502 g/mol. The van der Waals surface area contributed by atoms with Gasteiger partial charge in [-0.05, 0) is 37.3 Å². The van der Waals surface area contributed by atoms with Gasteiger partial charge < -0.3 is 25.0 Å². The Balaban J connectivity index is 0.00000320. The van der Waals surface area contributed by atoms with E-state index < -0.39 is 6.10 Å². The SMILES string of the molecule is CCNC(=NCC(O)COc1ccc(F)cc1)N1CCN(c2ncccn2)CC1.I. The monoisotopic (exact) mass is 530 g/mol. The van der Waals surface area contributed by atoms with Gasteiger partial charge in [0.2, 0.25) is 5.95 Å². The van der Waals surface area contributed by atoms with Crippen molar-refractivity contribution in [2.45, 2.75) is 13.0 Å². The molecule has 0 aliphatic carbocycles. The minimum absolute atomic E-state index is 0. The van der Waals surface area contributed by atoms with Crippen LogP contribution in [0.5, 0.6) is 5.75 Å². The molecule has 0 bridgehead atoms. The van der Waals surface area contributed by atoms with E-state index in [2.05, 4.69) is 30.1 Å². The molecule has 2 N–H and O–H groups in total. The number of nitrogens with one attached hydrogen (secondary N) is 1. The Kier molecular flexibility index (Phi) is 10.0. The molecule has 0 saturated carbocycles. The first-order valence-corrected chi connectivity index (χ1v) is 9.77. The van der Waals surface area contributed by atoms with E-state index in [0.29, 0.717) is 5.75 Å². The standard InChI is InChI=1S/C20H27FN6O2.HI/c1-2-22-19(25-14-17(28)15-29-18-6-4-16(21)5-7-18)26-10-12-27(13-11-26)20-23-8-3-9-24-20;/h3-9,17,28H,2,10-15H2,1H3,(H,22,25);1H. The van der Waals surface area contributed by atoms with Crippen LogP contribution in [0.4, 0.5) is 10.3 Å². The zero-order chi connectivity index (χ0) is 20.5. The van der Waals surface area contributed by atoms with Crippen molar-refractivity contribution in [3.63, 3.8) is 0 Å². The van der Waals surface area contributed by atoms with E-state index in [1.807, 2.05) is 6.92 Å². The molecule has 1 aliphatic rings. The second kappa shape index (κ2) is 12.5. The predicted molar refractivity (Wildman–Crippen MR) is 125 cm³/mol. The molecule has 1 aromatic carbocycles. The quantitative estimate of drug-likeness (QED) is 0.321. The Bertz CT molecular complexity index is 773. The number of hydrogen-bond donors (Lipinski definition) is 2. The normalized spacial score (nSPS) is 15.4. The fraction of sp³-hybridized carbons (Fsp3) is 0.450. The molecule has 3 rings (SSSR count). The molecule has 1 saturated heterocycles. The molecule has 1 aliphatic heterocycles. The van der Waals surface area contributed by atoms with E-state index in [1.165, 1.54) is 24.3 Å². The summed E-state index contributed by atoms with van der Waals surface area (Å²) in [6, 6.07) is 7.52. The van der Waals surface area contributed by atoms with Crippen molar-refractivity contribution < 1.29 is 14.2 Å². The van der Waals surface area contributed by atoms with Crippen LogP contribution in [0.25, 0.3) is 0 Å². The summed E-state index contributed by atoms with van der Waals surface area (Å²) in [6.07, 6.45) is 2.73. The summed E-state index contributed by atoms with van der Waals surface area (Å²) in [4.78, 5) is 17.5. The van der Waals surface area contributed by atoms with E-state index in [1.54, 1.807) is 18.5 Å². The third-order valence-corrected chi connectivity index (χ3v) is 4.46. The summed E-state index contributed by atoms with van der Waals surface area (Å²) in [6.45, 7) is 6.22. The highest BCUT2D eigenvalue weighted by Gasteiger charge is 2.21. The smallest absolute Gasteiger partial charge is 0.225 e. The first-order valence-electron chi connectivity index (χ1n) is 9.77. The van der Waals surface area contributed by atoms with Crippen LogP contribution in [-0.2, 0) is 0 Å². The number of aliphatic hydroxyl groups excluding tert-OH is 1. The number of anilines is 1. The zero-order valence-electron chi connectivity index (χ0n) is 16.9. The Morgan fingerprint density at radius 1 is 1.20 bits per heavy atom. The molecule has 2 heterocycles. The lowest BCUT2D eigenvalue weighted by Gasteiger charge is -2.36. The van der Waals surface area contributed by atoms with Crippen molar-refractivity contribution in [2.75, 3.05) is 50.8 Å². The molecule has 0 spiro atoms. The third kappa shape index (κ3) is 7.24. The number of rotatable bonds is 7. The maximum atomic E-state index is 12.9. The van der Waals surface area contributed by atoms with Crippen molar-refractivity contribution in [1.82, 2.24) is 20.2 Å². The summed E-state index contributed by atoms with van der Waals surface area (Å²) in [5, 5.41) is 13.5. The van der Waals surface area contributed by atoms with Crippen LogP contribution < -0.4 is 15.0 Å². The van der Waals surface area contributed by atoms with Gasteiger partial charge in [-0.15, -0.1) is 24.0 Å². The average molecular weight is 530 g/mol. The number of guanidine groups is 1. The number of aliphatic hydroxyl groups is 1. The van der Waals surface area contributed by atoms with Crippen molar-refractivity contribution in [3.05, 3.63) is 48.5 Å². The van der Waals surface area contributed by atoms with Crippen molar-refractivity contribution >= 4 is 35.9 Å². The third-order valence-electron chi connectivity index (χ3n) is 4.46. The van der Waals surface area contributed by atoms with Gasteiger partial charge in [0.25, 0.3) is 0 Å². The molecule has 8 nitrogen and oxygen atoms in total. The molecule has 164 valence electrons. The molecule has 10 heteroatoms. The minimum atomic E-state index is -0.757. The number of piperazine rings is 1. The van der Waals surface area contributed by atoms with Gasteiger partial charge in [-0.25, -0.2) is 14.4 Å². The largest absolute Gasteiger partial charge is 0.491 e. The van der Waals surface area contributed by atoms with Gasteiger partial charge in [-0.2, -0.15) is 0 Å². The summed E-state index contributed by atoms with van der Waals surface area (Å²) in [5.74, 6) is 1.70. The zero-order valence-corrected chi connectivity index (χ0v) is 19.3. The van der Waals surface area contributed by atoms with E-state index in [0.717, 1.165) is 44.6 Å². The van der Waals surface area contributed by atoms with Gasteiger partial charge in [0.15, 0.2) is 5.96 Å². The molecular formula is C20H28FIN6O2. The first kappa shape index (κ1) is 24.1. The lowest BCUT2D eigenvalue weighted by atomic mass is 10.3. The van der Waals surface area contributed by atoms with Gasteiger partial charge in [-0.3, -0.25) is 4.99 Å². The van der Waals surface area contributed by atoms with Crippen LogP contribution in [-0.4, -0.2) is 77.9 Å². The number of ether oxygens (including phenoxy) is 1. The number of aliphatic imine (C=N–C) groups is 1. The lowest BCUT2D eigenvalue weighted by Crippen LogP contribution is -2.53. The summed E-state index contributed by atoms with van der Waals surface area (Å²) < 4.78 is 18.4. The van der Waals surface area contributed by atoms with E-state index in [-0.39, 0.29) is 42.9 Å². The van der Waals surface area contributed by atoms with Crippen molar-refractivity contribution in [2.24, 2.45) is 4.99 Å². The van der Waals surface area contributed by atoms with Crippen LogP contribution in [0.2, 0.25) is 0 Å². The molecule has 0 amide bonds. The Morgan fingerprint density at radius 3 is 2.50 bits per heavy atom.